The Morgan fingerprint density at radius 3 is 1.48 bits per heavy atom. The molecule has 0 aromatic carbocycles. The highest BCUT2D eigenvalue weighted by Gasteiger charge is 2.32. The number of carbonyl (C=O) groups is 4. The van der Waals surface area contributed by atoms with Crippen LogP contribution >= 0.6 is 0 Å². The van der Waals surface area contributed by atoms with Crippen LogP contribution in [-0.4, -0.2) is 28.8 Å². The molecule has 2 amide bonds. The second kappa shape index (κ2) is 14.2. The summed E-state index contributed by atoms with van der Waals surface area (Å²) >= 11 is 0. The molecule has 0 N–H and O–H groups in total. The summed E-state index contributed by atoms with van der Waals surface area (Å²) in [6.45, 7) is 0. The van der Waals surface area contributed by atoms with E-state index in [4.69, 9.17) is 4.84 Å². The predicted octanol–water partition coefficient (Wildman–Crippen LogP) is 2.80. The molecule has 0 aromatic rings. The van der Waals surface area contributed by atoms with Gasteiger partial charge >= 0.3 is 5.97 Å². The van der Waals surface area contributed by atoms with E-state index in [1.807, 2.05) is 0 Å². The molecule has 0 aromatic heterocycles. The molecule has 7 heteroatoms. The molecule has 0 unspecified atom stereocenters. The van der Waals surface area contributed by atoms with Crippen molar-refractivity contribution in [3.05, 3.63) is 0 Å². The quantitative estimate of drug-likeness (QED) is 0.300. The van der Waals surface area contributed by atoms with Gasteiger partial charge in [-0.15, -0.1) is 5.06 Å². The van der Waals surface area contributed by atoms with Crippen LogP contribution in [0.5, 0.6) is 0 Å². The van der Waals surface area contributed by atoms with Crippen molar-refractivity contribution >= 4 is 23.8 Å². The van der Waals surface area contributed by atoms with Gasteiger partial charge in [0.2, 0.25) is 0 Å². The van der Waals surface area contributed by atoms with Gasteiger partial charge in [-0.3, -0.25) is 9.59 Å². The van der Waals surface area contributed by atoms with E-state index < -0.39 is 23.8 Å². The maximum absolute atomic E-state index is 11.6. The van der Waals surface area contributed by atoms with Gasteiger partial charge in [0.25, 0.3) is 11.8 Å². The highest BCUT2D eigenvalue weighted by atomic mass is 16.7. The fourth-order valence-electron chi connectivity index (χ4n) is 3.11. The van der Waals surface area contributed by atoms with E-state index in [0.29, 0.717) is 11.5 Å². The lowest BCUT2D eigenvalue weighted by Crippen LogP contribution is -2.31. The Morgan fingerprint density at radius 1 is 0.704 bits per heavy atom. The largest absolute Gasteiger partial charge is 0.550 e. The predicted molar refractivity (Wildman–Crippen MR) is 96.8 cm³/mol. The first kappa shape index (κ1) is 23.1. The van der Waals surface area contributed by atoms with Crippen LogP contribution in [0.2, 0.25) is 0 Å². The minimum atomic E-state index is -0.955. The Hall–Kier alpha value is -1.92. The van der Waals surface area contributed by atoms with Gasteiger partial charge < -0.3 is 14.7 Å². The van der Waals surface area contributed by atoms with Crippen molar-refractivity contribution in [2.24, 2.45) is 0 Å². The molecule has 27 heavy (non-hydrogen) atoms. The number of hydrogen-bond donors (Lipinski definition) is 0. The molecule has 1 fully saturated rings. The Morgan fingerprint density at radius 2 is 1.07 bits per heavy atom. The van der Waals surface area contributed by atoms with Gasteiger partial charge in [0.15, 0.2) is 0 Å². The Bertz CT molecular complexity index is 475. The fourth-order valence-corrected chi connectivity index (χ4v) is 3.11. The monoisotopic (exact) mass is 382 g/mol. The Labute approximate surface area is 161 Å². The molecule has 1 rings (SSSR count). The average molecular weight is 382 g/mol. The third-order valence-corrected chi connectivity index (χ3v) is 4.71. The zero-order valence-electron chi connectivity index (χ0n) is 16.2. The highest BCUT2D eigenvalue weighted by Crippen LogP contribution is 2.15. The number of carboxylic acids is 1. The molecule has 0 saturated carbocycles. The van der Waals surface area contributed by atoms with Gasteiger partial charge in [0, 0.05) is 25.2 Å². The van der Waals surface area contributed by atoms with Crippen molar-refractivity contribution in [2.75, 3.05) is 0 Å². The summed E-state index contributed by atoms with van der Waals surface area (Å²) in [6, 6.07) is 0. The van der Waals surface area contributed by atoms with Crippen LogP contribution in [0.4, 0.5) is 0 Å². The van der Waals surface area contributed by atoms with Crippen molar-refractivity contribution in [2.45, 2.75) is 103 Å². The molecular weight excluding hydrogens is 350 g/mol. The van der Waals surface area contributed by atoms with Crippen LogP contribution < -0.4 is 5.11 Å². The second-order valence-electron chi connectivity index (χ2n) is 7.16. The molecule has 0 spiro atoms. The van der Waals surface area contributed by atoms with Crippen LogP contribution in [0.15, 0.2) is 0 Å². The summed E-state index contributed by atoms with van der Waals surface area (Å²) in [6.07, 6.45) is 13.3. The van der Waals surface area contributed by atoms with E-state index >= 15 is 0 Å². The lowest BCUT2D eigenvalue weighted by molar-refractivity contribution is -0.305. The number of amides is 2. The summed E-state index contributed by atoms with van der Waals surface area (Å²) < 4.78 is 0. The van der Waals surface area contributed by atoms with Gasteiger partial charge in [-0.05, 0) is 19.3 Å². The van der Waals surface area contributed by atoms with Gasteiger partial charge in [0.05, 0.1) is 0 Å². The van der Waals surface area contributed by atoms with Gasteiger partial charge in [-0.2, -0.15) is 0 Å². The molecular formula is C20H32NO6-. The van der Waals surface area contributed by atoms with Crippen molar-refractivity contribution < 1.29 is 29.1 Å². The lowest BCUT2D eigenvalue weighted by Gasteiger charge is -2.12. The number of unbranched alkanes of at least 4 members (excludes halogenated alkanes) is 11. The minimum absolute atomic E-state index is 0.120. The first-order valence-corrected chi connectivity index (χ1v) is 10.3. The fraction of sp³-hybridized carbons (Fsp3) is 0.800. The molecule has 154 valence electrons. The maximum atomic E-state index is 11.6. The molecule has 0 atom stereocenters. The number of hydroxylamine groups is 2. The molecule has 0 radical (unpaired) electrons. The summed E-state index contributed by atoms with van der Waals surface area (Å²) in [5, 5.41) is 10.9. The van der Waals surface area contributed by atoms with E-state index in [2.05, 4.69) is 0 Å². The van der Waals surface area contributed by atoms with Crippen molar-refractivity contribution in [3.8, 4) is 0 Å². The third kappa shape index (κ3) is 11.4. The third-order valence-electron chi connectivity index (χ3n) is 4.71. The van der Waals surface area contributed by atoms with Crippen LogP contribution in [0.1, 0.15) is 103 Å². The summed E-state index contributed by atoms with van der Waals surface area (Å²) in [5.74, 6) is -2.35. The number of aliphatic carboxylic acids is 1. The number of carbonyl (C=O) groups excluding carboxylic acids is 4. The topological polar surface area (TPSA) is 104 Å². The molecule has 1 aliphatic heterocycles. The Balaban J connectivity index is 1.82. The van der Waals surface area contributed by atoms with E-state index in [1.165, 1.54) is 25.7 Å². The zero-order valence-corrected chi connectivity index (χ0v) is 16.2. The van der Waals surface area contributed by atoms with Crippen LogP contribution in [0, 0.1) is 0 Å². The average Bonchev–Trinajstić information content (AvgIpc) is 2.93. The standard InChI is InChI=1S/C20H33NO6/c22-17-15-16-18(23)21(17)27-20(26)14-12-10-8-6-4-2-1-3-5-7-9-11-13-19(24)25/h1-16H2,(H,24,25)/p-1. The van der Waals surface area contributed by atoms with E-state index in [1.54, 1.807) is 0 Å². The molecule has 1 saturated heterocycles. The minimum Gasteiger partial charge on any atom is -0.550 e. The number of hydrogen-bond acceptors (Lipinski definition) is 6. The van der Waals surface area contributed by atoms with Crippen LogP contribution in [-0.2, 0) is 24.0 Å². The summed E-state index contributed by atoms with van der Waals surface area (Å²) in [4.78, 5) is 49.4. The SMILES string of the molecule is O=C([O-])CCCCCCCCCCCCCCC(=O)ON1C(=O)CCC1=O. The normalized spacial score (nSPS) is 14.0. The molecule has 1 heterocycles. The van der Waals surface area contributed by atoms with Crippen LogP contribution in [0.3, 0.4) is 0 Å². The number of imide groups is 1. The number of rotatable bonds is 16. The number of carboxylic acid groups (broad SMARTS) is 1. The van der Waals surface area contributed by atoms with E-state index in [-0.39, 0.29) is 25.7 Å². The lowest BCUT2D eigenvalue weighted by atomic mass is 10.0. The van der Waals surface area contributed by atoms with Crippen molar-refractivity contribution in [3.63, 3.8) is 0 Å². The molecule has 0 aliphatic carbocycles. The highest BCUT2D eigenvalue weighted by molar-refractivity contribution is 6.01. The van der Waals surface area contributed by atoms with Gasteiger partial charge in [-0.25, -0.2) is 4.79 Å². The first-order valence-electron chi connectivity index (χ1n) is 10.3. The van der Waals surface area contributed by atoms with Crippen molar-refractivity contribution in [1.29, 1.82) is 0 Å². The number of nitrogens with zero attached hydrogens (tertiary/aromatic N) is 1. The van der Waals surface area contributed by atoms with Crippen molar-refractivity contribution in [1.82, 2.24) is 5.06 Å². The second-order valence-corrected chi connectivity index (χ2v) is 7.16. The molecule has 0 bridgehead atoms. The first-order chi connectivity index (χ1) is 13.0. The molecule has 7 nitrogen and oxygen atoms in total. The summed E-state index contributed by atoms with van der Waals surface area (Å²) in [7, 11) is 0. The van der Waals surface area contributed by atoms with E-state index in [0.717, 1.165) is 44.9 Å². The smallest absolute Gasteiger partial charge is 0.333 e. The van der Waals surface area contributed by atoms with Gasteiger partial charge in [-0.1, -0.05) is 64.2 Å². The summed E-state index contributed by atoms with van der Waals surface area (Å²) in [5.41, 5.74) is 0. The maximum Gasteiger partial charge on any atom is 0.333 e. The van der Waals surface area contributed by atoms with Crippen LogP contribution in [0.25, 0.3) is 0 Å². The van der Waals surface area contributed by atoms with Gasteiger partial charge in [0.1, 0.15) is 0 Å². The zero-order chi connectivity index (χ0) is 19.9. The Kier molecular flexibility index (Phi) is 12.1. The van der Waals surface area contributed by atoms with E-state index in [9.17, 15) is 24.3 Å². The molecule has 1 aliphatic rings.